The molecule has 0 saturated heterocycles. The summed E-state index contributed by atoms with van der Waals surface area (Å²) in [6, 6.07) is 11.8. The van der Waals surface area contributed by atoms with Gasteiger partial charge in [0.1, 0.15) is 18.2 Å². The van der Waals surface area contributed by atoms with Gasteiger partial charge in [0.2, 0.25) is 0 Å². The van der Waals surface area contributed by atoms with Crippen LogP contribution in [0.25, 0.3) is 0 Å². The predicted octanol–water partition coefficient (Wildman–Crippen LogP) is 4.18. The van der Waals surface area contributed by atoms with E-state index < -0.39 is 0 Å². The minimum atomic E-state index is -0.133. The zero-order chi connectivity index (χ0) is 17.8. The molecule has 6 heteroatoms. The number of nitrogens with zero attached hydrogens (tertiary/aromatic N) is 2. The van der Waals surface area contributed by atoms with Gasteiger partial charge in [-0.05, 0) is 42.5 Å². The number of amides is 1. The lowest BCUT2D eigenvalue weighted by Crippen LogP contribution is -2.13. The molecule has 0 spiro atoms. The maximum absolute atomic E-state index is 12.4. The van der Waals surface area contributed by atoms with Crippen molar-refractivity contribution in [1.29, 1.82) is 0 Å². The fraction of sp³-hybridized carbons (Fsp3) is 0.263. The molecule has 0 fully saturated rings. The van der Waals surface area contributed by atoms with Gasteiger partial charge < -0.3 is 10.1 Å². The topological polar surface area (TPSA) is 56.1 Å². The lowest BCUT2D eigenvalue weighted by atomic mass is 10.2. The molecule has 0 unspecified atom stereocenters. The van der Waals surface area contributed by atoms with Crippen LogP contribution in [-0.2, 0) is 20.1 Å². The zero-order valence-corrected chi connectivity index (χ0v) is 15.4. The highest BCUT2D eigenvalue weighted by atomic mass is 32.1. The van der Waals surface area contributed by atoms with Crippen molar-refractivity contribution in [1.82, 2.24) is 9.78 Å². The van der Waals surface area contributed by atoms with Crippen molar-refractivity contribution in [2.24, 2.45) is 7.05 Å². The van der Waals surface area contributed by atoms with E-state index in [1.807, 2.05) is 36.6 Å². The van der Waals surface area contributed by atoms with Crippen LogP contribution < -0.4 is 10.1 Å². The van der Waals surface area contributed by atoms with E-state index in [1.54, 1.807) is 11.7 Å². The number of carbonyl (C=O) groups excluding carboxylic acids is 1. The molecule has 3 rings (SSSR count). The van der Waals surface area contributed by atoms with E-state index in [4.69, 9.17) is 4.74 Å². The van der Waals surface area contributed by atoms with Gasteiger partial charge in [-0.15, -0.1) is 11.3 Å². The zero-order valence-electron chi connectivity index (χ0n) is 14.6. The molecular formula is C19H21N3O2S. The number of hydrogen-bond acceptors (Lipinski definition) is 4. The lowest BCUT2D eigenvalue weighted by molar-refractivity contribution is 0.102. The molecule has 0 atom stereocenters. The molecular weight excluding hydrogens is 334 g/mol. The third-order valence-electron chi connectivity index (χ3n) is 3.86. The number of ether oxygens (including phenoxy) is 1. The summed E-state index contributed by atoms with van der Waals surface area (Å²) in [5.74, 6) is 1.39. The maximum Gasteiger partial charge on any atom is 0.266 e. The molecule has 0 aliphatic heterocycles. The van der Waals surface area contributed by atoms with Crippen LogP contribution in [-0.4, -0.2) is 15.7 Å². The molecule has 5 nitrogen and oxygen atoms in total. The van der Waals surface area contributed by atoms with Crippen LogP contribution in [0.15, 0.2) is 41.8 Å². The molecule has 1 N–H and O–H groups in total. The molecule has 0 radical (unpaired) electrons. The standard InChI is InChI=1S/C19H21N3O2S/c1-4-14-5-7-16(8-6-14)24-11-15-10-17(25-12-15)19(23)20-18-9-13(2)21-22(18)3/h5-10,12H,4,11H2,1-3H3,(H,20,23). The van der Waals surface area contributed by atoms with Crippen molar-refractivity contribution in [3.63, 3.8) is 0 Å². The molecule has 0 bridgehead atoms. The van der Waals surface area contributed by atoms with Gasteiger partial charge >= 0.3 is 0 Å². The molecule has 25 heavy (non-hydrogen) atoms. The van der Waals surface area contributed by atoms with Gasteiger partial charge in [0.05, 0.1) is 10.6 Å². The van der Waals surface area contributed by atoms with Crippen LogP contribution in [0.5, 0.6) is 5.75 Å². The van der Waals surface area contributed by atoms with Crippen molar-refractivity contribution in [3.05, 3.63) is 63.5 Å². The Morgan fingerprint density at radius 1 is 1.24 bits per heavy atom. The van der Waals surface area contributed by atoms with Gasteiger partial charge in [0.15, 0.2) is 0 Å². The largest absolute Gasteiger partial charge is 0.489 e. The van der Waals surface area contributed by atoms with Crippen LogP contribution in [0.1, 0.15) is 33.4 Å². The molecule has 2 aromatic heterocycles. The van der Waals surface area contributed by atoms with Gasteiger partial charge in [-0.3, -0.25) is 9.48 Å². The van der Waals surface area contributed by atoms with Crippen LogP contribution in [0.3, 0.4) is 0 Å². The van der Waals surface area contributed by atoms with Crippen LogP contribution >= 0.6 is 11.3 Å². The molecule has 0 aliphatic rings. The average molecular weight is 355 g/mol. The van der Waals surface area contributed by atoms with E-state index in [2.05, 4.69) is 29.5 Å². The second-order valence-electron chi connectivity index (χ2n) is 5.85. The Bertz CT molecular complexity index is 865. The smallest absolute Gasteiger partial charge is 0.266 e. The Morgan fingerprint density at radius 3 is 2.64 bits per heavy atom. The number of hydrogen-bond donors (Lipinski definition) is 1. The summed E-state index contributed by atoms with van der Waals surface area (Å²) in [6.45, 7) is 4.46. The summed E-state index contributed by atoms with van der Waals surface area (Å²) in [5, 5.41) is 9.05. The summed E-state index contributed by atoms with van der Waals surface area (Å²) >= 11 is 1.41. The first-order valence-corrected chi connectivity index (χ1v) is 9.04. The van der Waals surface area contributed by atoms with E-state index in [1.165, 1.54) is 16.9 Å². The van der Waals surface area contributed by atoms with E-state index in [-0.39, 0.29) is 5.91 Å². The number of anilines is 1. The van der Waals surface area contributed by atoms with Gasteiger partial charge in [-0.25, -0.2) is 0 Å². The minimum Gasteiger partial charge on any atom is -0.489 e. The third-order valence-corrected chi connectivity index (χ3v) is 4.84. The van der Waals surface area contributed by atoms with Crippen LogP contribution in [0, 0.1) is 6.92 Å². The Morgan fingerprint density at radius 2 is 2.00 bits per heavy atom. The molecule has 3 aromatic rings. The second-order valence-corrected chi connectivity index (χ2v) is 6.77. The Kier molecular flexibility index (Phi) is 5.19. The Labute approximate surface area is 151 Å². The molecule has 1 amide bonds. The number of rotatable bonds is 6. The third kappa shape index (κ3) is 4.28. The normalized spacial score (nSPS) is 10.7. The van der Waals surface area contributed by atoms with Crippen molar-refractivity contribution < 1.29 is 9.53 Å². The SMILES string of the molecule is CCc1ccc(OCc2csc(C(=O)Nc3cc(C)nn3C)c2)cc1. The van der Waals surface area contributed by atoms with Gasteiger partial charge in [-0.2, -0.15) is 5.10 Å². The average Bonchev–Trinajstić information content (AvgIpc) is 3.20. The highest BCUT2D eigenvalue weighted by Crippen LogP contribution is 2.20. The Hall–Kier alpha value is -2.60. The van der Waals surface area contributed by atoms with Gasteiger partial charge in [0, 0.05) is 18.7 Å². The fourth-order valence-corrected chi connectivity index (χ4v) is 3.26. The van der Waals surface area contributed by atoms with Gasteiger partial charge in [-0.1, -0.05) is 19.1 Å². The summed E-state index contributed by atoms with van der Waals surface area (Å²) in [7, 11) is 1.81. The molecule has 130 valence electrons. The first kappa shape index (κ1) is 17.2. The lowest BCUT2D eigenvalue weighted by Gasteiger charge is -2.05. The van der Waals surface area contributed by atoms with Crippen LogP contribution in [0.2, 0.25) is 0 Å². The van der Waals surface area contributed by atoms with Crippen molar-refractivity contribution >= 4 is 23.1 Å². The summed E-state index contributed by atoms with van der Waals surface area (Å²) in [5.41, 5.74) is 3.13. The minimum absolute atomic E-state index is 0.133. The van der Waals surface area contributed by atoms with Gasteiger partial charge in [0.25, 0.3) is 5.91 Å². The fourth-order valence-electron chi connectivity index (χ4n) is 2.46. The number of aromatic nitrogens is 2. The summed E-state index contributed by atoms with van der Waals surface area (Å²) in [4.78, 5) is 13.0. The van der Waals surface area contributed by atoms with E-state index in [0.29, 0.717) is 17.3 Å². The summed E-state index contributed by atoms with van der Waals surface area (Å²) < 4.78 is 7.44. The first-order valence-electron chi connectivity index (χ1n) is 8.16. The highest BCUT2D eigenvalue weighted by Gasteiger charge is 2.12. The predicted molar refractivity (Wildman–Crippen MR) is 100 cm³/mol. The maximum atomic E-state index is 12.4. The van der Waals surface area contributed by atoms with Crippen molar-refractivity contribution in [3.8, 4) is 5.75 Å². The van der Waals surface area contributed by atoms with E-state index >= 15 is 0 Å². The molecule has 0 aliphatic carbocycles. The number of benzene rings is 1. The number of carbonyl (C=O) groups is 1. The highest BCUT2D eigenvalue weighted by molar-refractivity contribution is 7.12. The molecule has 0 saturated carbocycles. The quantitative estimate of drug-likeness (QED) is 0.721. The second kappa shape index (κ2) is 7.53. The summed E-state index contributed by atoms with van der Waals surface area (Å²) in [6.07, 6.45) is 1.01. The van der Waals surface area contributed by atoms with E-state index in [0.717, 1.165) is 23.4 Å². The first-order chi connectivity index (χ1) is 12.0. The van der Waals surface area contributed by atoms with Crippen molar-refractivity contribution in [2.75, 3.05) is 5.32 Å². The molecule has 2 heterocycles. The van der Waals surface area contributed by atoms with E-state index in [9.17, 15) is 4.79 Å². The number of nitrogens with one attached hydrogen (secondary N) is 1. The van der Waals surface area contributed by atoms with Crippen molar-refractivity contribution in [2.45, 2.75) is 26.9 Å². The monoisotopic (exact) mass is 355 g/mol. The molecule has 1 aromatic carbocycles. The number of thiophene rings is 1. The Balaban J connectivity index is 1.59. The van der Waals surface area contributed by atoms with Crippen LogP contribution in [0.4, 0.5) is 5.82 Å². The number of aryl methyl sites for hydroxylation is 3.